The summed E-state index contributed by atoms with van der Waals surface area (Å²) < 4.78 is 5.17. The molecule has 0 aliphatic carbocycles. The van der Waals surface area contributed by atoms with E-state index in [1.807, 2.05) is 51.3 Å². The Kier molecular flexibility index (Phi) is 4.82. The van der Waals surface area contributed by atoms with Crippen molar-refractivity contribution >= 4 is 23.8 Å². The molecule has 0 saturated carbocycles. The van der Waals surface area contributed by atoms with Crippen LogP contribution in [0.15, 0.2) is 35.2 Å². The lowest BCUT2D eigenvalue weighted by Crippen LogP contribution is -2.22. The Morgan fingerprint density at radius 2 is 1.82 bits per heavy atom. The number of benzene rings is 1. The fourth-order valence-electron chi connectivity index (χ4n) is 1.22. The topological polar surface area (TPSA) is 26.3 Å². The van der Waals surface area contributed by atoms with E-state index in [0.29, 0.717) is 0 Å². The fourth-order valence-corrected chi connectivity index (χ4v) is 1.62. The van der Waals surface area contributed by atoms with E-state index >= 15 is 0 Å². The molecule has 0 aliphatic rings. The number of rotatable bonds is 3. The normalized spacial score (nSPS) is 11.8. The van der Waals surface area contributed by atoms with Gasteiger partial charge in [-0.2, -0.15) is 0 Å². The van der Waals surface area contributed by atoms with Gasteiger partial charge in [0.05, 0.1) is 0 Å². The lowest BCUT2D eigenvalue weighted by Gasteiger charge is -2.17. The molecule has 1 rings (SSSR count). The highest BCUT2D eigenvalue weighted by Gasteiger charge is 2.13. The fraction of sp³-hybridized carbons (Fsp3) is 0.357. The Bertz CT molecular complexity index is 399. The maximum atomic E-state index is 11.4. The van der Waals surface area contributed by atoms with Gasteiger partial charge in [-0.25, -0.2) is 4.79 Å². The molecule has 0 heterocycles. The van der Waals surface area contributed by atoms with Crippen LogP contribution in [0.5, 0.6) is 0 Å². The standard InChI is InChI=1S/C14H18O2S/c1-14(2,3)16-13(15)10-7-11-5-8-12(17-4)9-6-11/h5-10H,1-4H3/b10-7+. The lowest BCUT2D eigenvalue weighted by atomic mass is 10.2. The molecule has 0 fully saturated rings. The van der Waals surface area contributed by atoms with Crippen LogP contribution in [0.2, 0.25) is 0 Å². The van der Waals surface area contributed by atoms with Crippen molar-refractivity contribution in [2.45, 2.75) is 31.3 Å². The molecule has 0 aromatic heterocycles. The molecule has 1 aromatic carbocycles. The van der Waals surface area contributed by atoms with Gasteiger partial charge in [-0.1, -0.05) is 12.1 Å². The highest BCUT2D eigenvalue weighted by molar-refractivity contribution is 7.98. The van der Waals surface area contributed by atoms with Gasteiger partial charge < -0.3 is 4.74 Å². The molecular weight excluding hydrogens is 232 g/mol. The molecule has 0 bridgehead atoms. The van der Waals surface area contributed by atoms with Crippen LogP contribution in [0.3, 0.4) is 0 Å². The number of ether oxygens (including phenoxy) is 1. The van der Waals surface area contributed by atoms with Crippen molar-refractivity contribution < 1.29 is 9.53 Å². The van der Waals surface area contributed by atoms with Gasteiger partial charge in [0.25, 0.3) is 0 Å². The van der Waals surface area contributed by atoms with Crippen molar-refractivity contribution in [2.24, 2.45) is 0 Å². The molecule has 0 unspecified atom stereocenters. The molecule has 92 valence electrons. The molecule has 0 N–H and O–H groups in total. The summed E-state index contributed by atoms with van der Waals surface area (Å²) in [5, 5.41) is 0. The van der Waals surface area contributed by atoms with E-state index in [4.69, 9.17) is 4.74 Å². The minimum absolute atomic E-state index is 0.313. The predicted molar refractivity (Wildman–Crippen MR) is 73.1 cm³/mol. The smallest absolute Gasteiger partial charge is 0.331 e. The number of thioether (sulfide) groups is 1. The van der Waals surface area contributed by atoms with Gasteiger partial charge in [-0.3, -0.25) is 0 Å². The SMILES string of the molecule is CSc1ccc(/C=C/C(=O)OC(C)(C)C)cc1. The zero-order valence-electron chi connectivity index (χ0n) is 10.7. The van der Waals surface area contributed by atoms with E-state index < -0.39 is 5.60 Å². The minimum Gasteiger partial charge on any atom is -0.457 e. The summed E-state index contributed by atoms with van der Waals surface area (Å²) in [6.07, 6.45) is 5.25. The highest BCUT2D eigenvalue weighted by atomic mass is 32.2. The van der Waals surface area contributed by atoms with Gasteiger partial charge in [-0.05, 0) is 50.8 Å². The molecule has 3 heteroatoms. The van der Waals surface area contributed by atoms with Crippen molar-refractivity contribution in [3.05, 3.63) is 35.9 Å². The van der Waals surface area contributed by atoms with E-state index in [9.17, 15) is 4.79 Å². The molecule has 2 nitrogen and oxygen atoms in total. The van der Waals surface area contributed by atoms with E-state index in [1.165, 1.54) is 11.0 Å². The van der Waals surface area contributed by atoms with Crippen LogP contribution in [-0.4, -0.2) is 17.8 Å². The summed E-state index contributed by atoms with van der Waals surface area (Å²) in [5.74, 6) is -0.313. The first-order valence-corrected chi connectivity index (χ1v) is 6.68. The molecule has 0 aliphatic heterocycles. The van der Waals surface area contributed by atoms with Crippen molar-refractivity contribution in [3.63, 3.8) is 0 Å². The third-order valence-electron chi connectivity index (χ3n) is 1.93. The maximum Gasteiger partial charge on any atom is 0.331 e. The average Bonchev–Trinajstić information content (AvgIpc) is 2.25. The number of hydrogen-bond donors (Lipinski definition) is 0. The number of esters is 1. The average molecular weight is 250 g/mol. The van der Waals surface area contributed by atoms with E-state index in [2.05, 4.69) is 0 Å². The number of carbonyl (C=O) groups is 1. The first-order valence-electron chi connectivity index (χ1n) is 5.46. The Labute approximate surface area is 107 Å². The summed E-state index contributed by atoms with van der Waals surface area (Å²) in [6.45, 7) is 5.56. The van der Waals surface area contributed by atoms with Crippen LogP contribution in [0.1, 0.15) is 26.3 Å². The van der Waals surface area contributed by atoms with Crippen LogP contribution in [0, 0.1) is 0 Å². The quantitative estimate of drug-likeness (QED) is 0.464. The first-order chi connectivity index (χ1) is 7.90. The Morgan fingerprint density at radius 1 is 1.24 bits per heavy atom. The molecule has 0 atom stereocenters. The Hall–Kier alpha value is -1.22. The zero-order valence-corrected chi connectivity index (χ0v) is 11.5. The molecule has 0 radical (unpaired) electrons. The van der Waals surface area contributed by atoms with Gasteiger partial charge in [0.2, 0.25) is 0 Å². The summed E-state index contributed by atoms with van der Waals surface area (Å²) in [7, 11) is 0. The molecule has 1 aromatic rings. The molecule has 0 amide bonds. The van der Waals surface area contributed by atoms with E-state index in [0.717, 1.165) is 5.56 Å². The zero-order chi connectivity index (χ0) is 12.9. The lowest BCUT2D eigenvalue weighted by molar-refractivity contribution is -0.148. The maximum absolute atomic E-state index is 11.4. The van der Waals surface area contributed by atoms with Crippen molar-refractivity contribution in [3.8, 4) is 0 Å². The summed E-state index contributed by atoms with van der Waals surface area (Å²) >= 11 is 1.69. The Balaban J connectivity index is 2.61. The number of carbonyl (C=O) groups excluding carboxylic acids is 1. The molecular formula is C14H18O2S. The number of hydrogen-bond acceptors (Lipinski definition) is 3. The van der Waals surface area contributed by atoms with Crippen LogP contribution >= 0.6 is 11.8 Å². The van der Waals surface area contributed by atoms with Crippen LogP contribution < -0.4 is 0 Å². The summed E-state index contributed by atoms with van der Waals surface area (Å²) in [5.41, 5.74) is 0.554. The predicted octanol–water partition coefficient (Wildman–Crippen LogP) is 3.76. The van der Waals surface area contributed by atoms with E-state index in [-0.39, 0.29) is 5.97 Å². The highest BCUT2D eigenvalue weighted by Crippen LogP contribution is 2.15. The largest absolute Gasteiger partial charge is 0.457 e. The third-order valence-corrected chi connectivity index (χ3v) is 2.68. The molecule has 0 saturated heterocycles. The van der Waals surface area contributed by atoms with Gasteiger partial charge >= 0.3 is 5.97 Å². The second kappa shape index (κ2) is 5.92. The van der Waals surface area contributed by atoms with Gasteiger partial charge in [0.1, 0.15) is 5.60 Å². The second-order valence-electron chi connectivity index (χ2n) is 4.64. The molecule has 0 spiro atoms. The van der Waals surface area contributed by atoms with Crippen molar-refractivity contribution in [2.75, 3.05) is 6.26 Å². The van der Waals surface area contributed by atoms with Gasteiger partial charge in [-0.15, -0.1) is 11.8 Å². The minimum atomic E-state index is -0.440. The molecule has 17 heavy (non-hydrogen) atoms. The van der Waals surface area contributed by atoms with Gasteiger partial charge in [0, 0.05) is 11.0 Å². The first kappa shape index (κ1) is 13.8. The third kappa shape index (κ3) is 5.59. The van der Waals surface area contributed by atoms with Crippen LogP contribution in [0.4, 0.5) is 0 Å². The summed E-state index contributed by atoms with van der Waals surface area (Å²) in [4.78, 5) is 12.6. The van der Waals surface area contributed by atoms with Crippen LogP contribution in [0.25, 0.3) is 6.08 Å². The van der Waals surface area contributed by atoms with E-state index in [1.54, 1.807) is 17.8 Å². The van der Waals surface area contributed by atoms with Gasteiger partial charge in [0.15, 0.2) is 0 Å². The monoisotopic (exact) mass is 250 g/mol. The Morgan fingerprint density at radius 3 is 2.29 bits per heavy atom. The summed E-state index contributed by atoms with van der Waals surface area (Å²) in [6, 6.07) is 8.01. The second-order valence-corrected chi connectivity index (χ2v) is 5.52. The van der Waals surface area contributed by atoms with Crippen LogP contribution in [-0.2, 0) is 9.53 Å². The van der Waals surface area contributed by atoms with Crippen molar-refractivity contribution in [1.29, 1.82) is 0 Å². The van der Waals surface area contributed by atoms with Crippen molar-refractivity contribution in [1.82, 2.24) is 0 Å².